The summed E-state index contributed by atoms with van der Waals surface area (Å²) in [6.07, 6.45) is 0.100. The van der Waals surface area contributed by atoms with Gasteiger partial charge in [0.05, 0.1) is 12.0 Å². The van der Waals surface area contributed by atoms with E-state index in [2.05, 4.69) is 15.0 Å². The van der Waals surface area contributed by atoms with Gasteiger partial charge in [0.25, 0.3) is 0 Å². The lowest BCUT2D eigenvalue weighted by Crippen LogP contribution is -2.15. The van der Waals surface area contributed by atoms with E-state index in [1.807, 2.05) is 51.4 Å². The quantitative estimate of drug-likeness (QED) is 0.873. The van der Waals surface area contributed by atoms with Crippen LogP contribution in [0.5, 0.6) is 0 Å². The number of benzene rings is 1. The Morgan fingerprint density at radius 2 is 1.95 bits per heavy atom. The number of likely N-dealkylation sites (N-methyl/N-ethyl adjacent to an activating group) is 1. The maximum atomic E-state index is 10.3. The van der Waals surface area contributed by atoms with Gasteiger partial charge in [0, 0.05) is 13.0 Å². The van der Waals surface area contributed by atoms with E-state index in [0.717, 1.165) is 18.5 Å². The number of nitrogens with zero attached hydrogens (tertiary/aromatic N) is 3. The van der Waals surface area contributed by atoms with Gasteiger partial charge in [0.2, 0.25) is 5.89 Å². The van der Waals surface area contributed by atoms with Crippen molar-refractivity contribution in [3.8, 4) is 0 Å². The molecule has 0 aliphatic rings. The first kappa shape index (κ1) is 14.7. The van der Waals surface area contributed by atoms with Gasteiger partial charge in [-0.3, -0.25) is 0 Å². The van der Waals surface area contributed by atoms with Crippen LogP contribution in [0.15, 0.2) is 34.9 Å². The zero-order valence-electron chi connectivity index (χ0n) is 12.2. The number of aliphatic hydroxyl groups is 1. The van der Waals surface area contributed by atoms with E-state index < -0.39 is 6.10 Å². The van der Waals surface area contributed by atoms with Crippen LogP contribution in [0.3, 0.4) is 0 Å². The molecule has 1 N–H and O–H groups in total. The van der Waals surface area contributed by atoms with E-state index in [4.69, 9.17) is 4.52 Å². The third-order valence-electron chi connectivity index (χ3n) is 3.27. The Kier molecular flexibility index (Phi) is 4.87. The fraction of sp³-hybridized carbons (Fsp3) is 0.467. The molecule has 20 heavy (non-hydrogen) atoms. The van der Waals surface area contributed by atoms with Crippen LogP contribution in [0.4, 0.5) is 0 Å². The highest BCUT2D eigenvalue weighted by Crippen LogP contribution is 2.29. The van der Waals surface area contributed by atoms with Gasteiger partial charge in [-0.1, -0.05) is 42.4 Å². The van der Waals surface area contributed by atoms with E-state index >= 15 is 0 Å². The van der Waals surface area contributed by atoms with Crippen molar-refractivity contribution in [3.05, 3.63) is 47.6 Å². The third-order valence-corrected chi connectivity index (χ3v) is 3.27. The second kappa shape index (κ2) is 6.63. The minimum atomic E-state index is -0.640. The zero-order chi connectivity index (χ0) is 14.5. The fourth-order valence-corrected chi connectivity index (χ4v) is 1.95. The molecule has 0 fully saturated rings. The molecule has 0 aliphatic carbocycles. The first-order chi connectivity index (χ1) is 9.58. The average Bonchev–Trinajstić information content (AvgIpc) is 2.93. The standard InChI is InChI=1S/C15H21N3O2/c1-11(14(19)12-7-5-4-6-8-12)15-16-13(17-20-15)9-10-18(2)3/h4-8,11,14,19H,9-10H2,1-3H3. The highest BCUT2D eigenvalue weighted by atomic mass is 16.5. The number of aliphatic hydroxyl groups excluding tert-OH is 1. The van der Waals surface area contributed by atoms with Crippen molar-refractivity contribution in [1.29, 1.82) is 0 Å². The molecule has 2 atom stereocenters. The van der Waals surface area contributed by atoms with Crippen LogP contribution in [0.1, 0.15) is 36.2 Å². The largest absolute Gasteiger partial charge is 0.388 e. The van der Waals surface area contributed by atoms with E-state index in [-0.39, 0.29) is 5.92 Å². The normalized spacial score (nSPS) is 14.4. The minimum Gasteiger partial charge on any atom is -0.388 e. The van der Waals surface area contributed by atoms with E-state index in [9.17, 15) is 5.11 Å². The molecule has 2 rings (SSSR count). The summed E-state index contributed by atoms with van der Waals surface area (Å²) >= 11 is 0. The monoisotopic (exact) mass is 275 g/mol. The van der Waals surface area contributed by atoms with Gasteiger partial charge in [-0.2, -0.15) is 4.98 Å². The van der Waals surface area contributed by atoms with Crippen LogP contribution in [-0.4, -0.2) is 40.8 Å². The van der Waals surface area contributed by atoms with Gasteiger partial charge in [-0.05, 0) is 19.7 Å². The van der Waals surface area contributed by atoms with Crippen LogP contribution in [-0.2, 0) is 6.42 Å². The van der Waals surface area contributed by atoms with Crippen LogP contribution in [0.2, 0.25) is 0 Å². The summed E-state index contributed by atoms with van der Waals surface area (Å²) in [6.45, 7) is 2.76. The lowest BCUT2D eigenvalue weighted by molar-refractivity contribution is 0.135. The predicted molar refractivity (Wildman–Crippen MR) is 76.4 cm³/mol. The molecule has 0 spiro atoms. The minimum absolute atomic E-state index is 0.224. The maximum Gasteiger partial charge on any atom is 0.232 e. The van der Waals surface area contributed by atoms with Gasteiger partial charge in [-0.15, -0.1) is 0 Å². The first-order valence-electron chi connectivity index (χ1n) is 6.78. The topological polar surface area (TPSA) is 62.4 Å². The number of hydrogen-bond donors (Lipinski definition) is 1. The molecule has 0 amide bonds. The van der Waals surface area contributed by atoms with Gasteiger partial charge >= 0.3 is 0 Å². The second-order valence-electron chi connectivity index (χ2n) is 5.25. The lowest BCUT2D eigenvalue weighted by atomic mass is 9.97. The Bertz CT molecular complexity index is 525. The Morgan fingerprint density at radius 3 is 2.60 bits per heavy atom. The van der Waals surface area contributed by atoms with Gasteiger partial charge in [0.1, 0.15) is 0 Å². The predicted octanol–water partition coefficient (Wildman–Crippen LogP) is 2.01. The van der Waals surface area contributed by atoms with Gasteiger partial charge in [0.15, 0.2) is 5.82 Å². The van der Waals surface area contributed by atoms with Crippen LogP contribution >= 0.6 is 0 Å². The molecule has 2 aromatic rings. The van der Waals surface area contributed by atoms with Crippen LogP contribution in [0, 0.1) is 0 Å². The van der Waals surface area contributed by atoms with E-state index in [1.165, 1.54) is 0 Å². The smallest absolute Gasteiger partial charge is 0.232 e. The summed E-state index contributed by atoms with van der Waals surface area (Å²) in [4.78, 5) is 6.43. The fourth-order valence-electron chi connectivity index (χ4n) is 1.95. The van der Waals surface area contributed by atoms with Crippen molar-refractivity contribution in [2.45, 2.75) is 25.4 Å². The van der Waals surface area contributed by atoms with Crippen molar-refractivity contribution in [3.63, 3.8) is 0 Å². The Morgan fingerprint density at radius 1 is 1.25 bits per heavy atom. The summed E-state index contributed by atoms with van der Waals surface area (Å²) in [5.41, 5.74) is 0.855. The Balaban J connectivity index is 2.04. The van der Waals surface area contributed by atoms with Crippen molar-refractivity contribution in [2.75, 3.05) is 20.6 Å². The molecule has 5 nitrogen and oxygen atoms in total. The molecule has 2 unspecified atom stereocenters. The van der Waals surface area contributed by atoms with Crippen molar-refractivity contribution in [2.24, 2.45) is 0 Å². The Labute approximate surface area is 119 Å². The van der Waals surface area contributed by atoms with Crippen LogP contribution < -0.4 is 0 Å². The molecule has 0 bridgehead atoms. The van der Waals surface area contributed by atoms with Crippen molar-refractivity contribution < 1.29 is 9.63 Å². The number of hydrogen-bond acceptors (Lipinski definition) is 5. The molecule has 1 aromatic carbocycles. The third kappa shape index (κ3) is 3.65. The maximum absolute atomic E-state index is 10.3. The molecule has 1 heterocycles. The summed E-state index contributed by atoms with van der Waals surface area (Å²) in [6, 6.07) is 9.52. The molecule has 1 aromatic heterocycles. The number of rotatable bonds is 6. The SMILES string of the molecule is CC(c1nc(CCN(C)C)no1)C(O)c1ccccc1. The summed E-state index contributed by atoms with van der Waals surface area (Å²) in [5.74, 6) is 0.939. The molecule has 0 saturated carbocycles. The lowest BCUT2D eigenvalue weighted by Gasteiger charge is -2.15. The van der Waals surface area contributed by atoms with Gasteiger partial charge < -0.3 is 14.5 Å². The molecule has 0 aliphatic heterocycles. The summed E-state index contributed by atoms with van der Waals surface area (Å²) in [7, 11) is 4.01. The molecule has 0 saturated heterocycles. The molecular formula is C15H21N3O2. The van der Waals surface area contributed by atoms with Crippen molar-refractivity contribution >= 4 is 0 Å². The molecule has 5 heteroatoms. The second-order valence-corrected chi connectivity index (χ2v) is 5.25. The van der Waals surface area contributed by atoms with Crippen LogP contribution in [0.25, 0.3) is 0 Å². The molecular weight excluding hydrogens is 254 g/mol. The number of aromatic nitrogens is 2. The van der Waals surface area contributed by atoms with E-state index in [0.29, 0.717) is 11.7 Å². The zero-order valence-corrected chi connectivity index (χ0v) is 12.2. The Hall–Kier alpha value is -1.72. The highest BCUT2D eigenvalue weighted by Gasteiger charge is 2.23. The highest BCUT2D eigenvalue weighted by molar-refractivity contribution is 5.20. The molecule has 0 radical (unpaired) electrons. The summed E-state index contributed by atoms with van der Waals surface area (Å²) < 4.78 is 5.26. The first-order valence-corrected chi connectivity index (χ1v) is 6.78. The average molecular weight is 275 g/mol. The van der Waals surface area contributed by atoms with E-state index in [1.54, 1.807) is 0 Å². The molecule has 108 valence electrons. The van der Waals surface area contributed by atoms with Gasteiger partial charge in [-0.25, -0.2) is 0 Å². The van der Waals surface area contributed by atoms with Crippen molar-refractivity contribution in [1.82, 2.24) is 15.0 Å². The summed E-state index contributed by atoms with van der Waals surface area (Å²) in [5, 5.41) is 14.3.